The third-order valence-electron chi connectivity index (χ3n) is 2.71. The van der Waals surface area contributed by atoms with E-state index < -0.39 is 0 Å². The van der Waals surface area contributed by atoms with Gasteiger partial charge in [-0.25, -0.2) is 0 Å². The molecule has 0 aliphatic carbocycles. The number of nitrogens with two attached hydrogens (primary N) is 1. The SMILES string of the molecule is CC(=O)CCSC1CCCN(C(=O)CN)C1. The number of nitrogens with zero attached hydrogens (tertiary/aromatic N) is 1. The molecule has 0 aromatic heterocycles. The normalized spacial score (nSPS) is 20.9. The van der Waals surface area contributed by atoms with Crippen LogP contribution in [0.3, 0.4) is 0 Å². The van der Waals surface area contributed by atoms with Crippen LogP contribution >= 0.6 is 11.8 Å². The van der Waals surface area contributed by atoms with Crippen molar-refractivity contribution in [3.63, 3.8) is 0 Å². The van der Waals surface area contributed by atoms with E-state index in [1.165, 1.54) is 0 Å². The van der Waals surface area contributed by atoms with E-state index in [1.54, 1.807) is 18.7 Å². The highest BCUT2D eigenvalue weighted by Crippen LogP contribution is 2.23. The first-order valence-corrected chi connectivity index (χ1v) is 6.77. The van der Waals surface area contributed by atoms with Gasteiger partial charge in [0.2, 0.25) is 5.91 Å². The minimum Gasteiger partial charge on any atom is -0.340 e. The van der Waals surface area contributed by atoms with Crippen LogP contribution in [0.5, 0.6) is 0 Å². The topological polar surface area (TPSA) is 63.4 Å². The van der Waals surface area contributed by atoms with Gasteiger partial charge in [-0.05, 0) is 19.8 Å². The van der Waals surface area contributed by atoms with Gasteiger partial charge in [0.05, 0.1) is 6.54 Å². The van der Waals surface area contributed by atoms with Crippen molar-refractivity contribution in [2.45, 2.75) is 31.4 Å². The molecule has 4 nitrogen and oxygen atoms in total. The maximum Gasteiger partial charge on any atom is 0.236 e. The molecule has 0 aromatic carbocycles. The first-order valence-electron chi connectivity index (χ1n) is 5.72. The first kappa shape index (κ1) is 13.5. The summed E-state index contributed by atoms with van der Waals surface area (Å²) in [4.78, 5) is 24.1. The molecule has 2 N–H and O–H groups in total. The highest BCUT2D eigenvalue weighted by atomic mass is 32.2. The average Bonchev–Trinajstić information content (AvgIpc) is 2.28. The Bertz CT molecular complexity index is 258. The number of Topliss-reactive ketones (excluding diaryl/α,β-unsaturated/α-hetero) is 1. The molecule has 92 valence electrons. The van der Waals surface area contributed by atoms with Crippen molar-refractivity contribution in [3.8, 4) is 0 Å². The Kier molecular flexibility index (Phi) is 5.84. The summed E-state index contributed by atoms with van der Waals surface area (Å²) in [6.45, 7) is 3.34. The molecule has 1 aliphatic heterocycles. The number of thioether (sulfide) groups is 1. The molecule has 1 fully saturated rings. The van der Waals surface area contributed by atoms with Crippen LogP contribution in [0.15, 0.2) is 0 Å². The van der Waals surface area contributed by atoms with Crippen LogP contribution in [0.25, 0.3) is 0 Å². The van der Waals surface area contributed by atoms with E-state index in [4.69, 9.17) is 5.73 Å². The van der Waals surface area contributed by atoms with Gasteiger partial charge in [0, 0.05) is 30.5 Å². The van der Waals surface area contributed by atoms with Crippen molar-refractivity contribution < 1.29 is 9.59 Å². The summed E-state index contributed by atoms with van der Waals surface area (Å²) in [5.41, 5.74) is 5.35. The Labute approximate surface area is 101 Å². The fraction of sp³-hybridized carbons (Fsp3) is 0.818. The smallest absolute Gasteiger partial charge is 0.236 e. The van der Waals surface area contributed by atoms with Gasteiger partial charge in [0.1, 0.15) is 5.78 Å². The molecule has 5 heteroatoms. The van der Waals surface area contributed by atoms with Gasteiger partial charge in [-0.1, -0.05) is 0 Å². The molecule has 1 heterocycles. The lowest BCUT2D eigenvalue weighted by Crippen LogP contribution is -2.44. The third-order valence-corrected chi connectivity index (χ3v) is 4.01. The Morgan fingerprint density at radius 3 is 2.88 bits per heavy atom. The first-order chi connectivity index (χ1) is 7.63. The fourth-order valence-corrected chi connectivity index (χ4v) is 3.16. The predicted molar refractivity (Wildman–Crippen MR) is 66.4 cm³/mol. The second kappa shape index (κ2) is 6.91. The molecule has 1 rings (SSSR count). The van der Waals surface area contributed by atoms with E-state index in [0.29, 0.717) is 11.7 Å². The summed E-state index contributed by atoms with van der Waals surface area (Å²) >= 11 is 1.80. The molecule has 0 radical (unpaired) electrons. The molecular weight excluding hydrogens is 224 g/mol. The van der Waals surface area contributed by atoms with E-state index in [0.717, 1.165) is 31.7 Å². The molecule has 0 bridgehead atoms. The minimum absolute atomic E-state index is 0.0388. The number of likely N-dealkylation sites (tertiary alicyclic amines) is 1. The largest absolute Gasteiger partial charge is 0.340 e. The van der Waals surface area contributed by atoms with Crippen LogP contribution in [0.4, 0.5) is 0 Å². The summed E-state index contributed by atoms with van der Waals surface area (Å²) in [7, 11) is 0. The lowest BCUT2D eigenvalue weighted by Gasteiger charge is -2.32. The Morgan fingerprint density at radius 1 is 1.50 bits per heavy atom. The number of piperidine rings is 1. The minimum atomic E-state index is 0.0388. The summed E-state index contributed by atoms with van der Waals surface area (Å²) in [6, 6.07) is 0. The van der Waals surface area contributed by atoms with Crippen molar-refractivity contribution >= 4 is 23.5 Å². The van der Waals surface area contributed by atoms with Gasteiger partial charge in [-0.2, -0.15) is 11.8 Å². The van der Waals surface area contributed by atoms with Gasteiger partial charge in [-0.15, -0.1) is 0 Å². The molecule has 1 amide bonds. The number of hydrogen-bond acceptors (Lipinski definition) is 4. The molecule has 1 aliphatic rings. The van der Waals surface area contributed by atoms with Gasteiger partial charge < -0.3 is 10.6 Å². The number of rotatable bonds is 5. The van der Waals surface area contributed by atoms with Crippen molar-refractivity contribution in [1.29, 1.82) is 0 Å². The van der Waals surface area contributed by atoms with Gasteiger partial charge in [-0.3, -0.25) is 9.59 Å². The van der Waals surface area contributed by atoms with E-state index in [2.05, 4.69) is 0 Å². The van der Waals surface area contributed by atoms with Crippen LogP contribution in [-0.2, 0) is 9.59 Å². The van der Waals surface area contributed by atoms with Gasteiger partial charge in [0.15, 0.2) is 0 Å². The van der Waals surface area contributed by atoms with Crippen molar-refractivity contribution in [1.82, 2.24) is 4.90 Å². The average molecular weight is 244 g/mol. The number of carbonyl (C=O) groups is 2. The quantitative estimate of drug-likeness (QED) is 0.771. The lowest BCUT2D eigenvalue weighted by molar-refractivity contribution is -0.130. The summed E-state index contributed by atoms with van der Waals surface area (Å²) in [5, 5.41) is 0.476. The second-order valence-electron chi connectivity index (χ2n) is 4.13. The number of carbonyl (C=O) groups excluding carboxylic acids is 2. The highest BCUT2D eigenvalue weighted by Gasteiger charge is 2.22. The molecular formula is C11H20N2O2S. The number of hydrogen-bond donors (Lipinski definition) is 1. The van der Waals surface area contributed by atoms with E-state index in [1.807, 2.05) is 4.90 Å². The van der Waals surface area contributed by atoms with E-state index >= 15 is 0 Å². The van der Waals surface area contributed by atoms with E-state index in [-0.39, 0.29) is 18.2 Å². The predicted octanol–water partition coefficient (Wildman–Crippen LogP) is 0.648. The zero-order valence-electron chi connectivity index (χ0n) is 9.78. The van der Waals surface area contributed by atoms with E-state index in [9.17, 15) is 9.59 Å². The molecule has 0 aromatic rings. The van der Waals surface area contributed by atoms with Crippen molar-refractivity contribution in [2.24, 2.45) is 5.73 Å². The lowest BCUT2D eigenvalue weighted by atomic mass is 10.1. The van der Waals surface area contributed by atoms with Crippen LogP contribution in [0.1, 0.15) is 26.2 Å². The molecule has 1 unspecified atom stereocenters. The Balaban J connectivity index is 2.27. The maximum atomic E-state index is 11.4. The molecule has 0 saturated carbocycles. The molecule has 1 saturated heterocycles. The second-order valence-corrected chi connectivity index (χ2v) is 5.54. The molecule has 1 atom stereocenters. The standard InChI is InChI=1S/C11H20N2O2S/c1-9(14)4-6-16-10-3-2-5-13(8-10)11(15)7-12/h10H,2-8,12H2,1H3. The summed E-state index contributed by atoms with van der Waals surface area (Å²) in [6.07, 6.45) is 2.81. The number of amides is 1. The van der Waals surface area contributed by atoms with Crippen molar-refractivity contribution in [3.05, 3.63) is 0 Å². The Hall–Kier alpha value is -0.550. The number of ketones is 1. The maximum absolute atomic E-state index is 11.4. The molecule has 16 heavy (non-hydrogen) atoms. The zero-order valence-corrected chi connectivity index (χ0v) is 10.6. The third kappa shape index (κ3) is 4.53. The van der Waals surface area contributed by atoms with Crippen LogP contribution in [0, 0.1) is 0 Å². The van der Waals surface area contributed by atoms with Crippen molar-refractivity contribution in [2.75, 3.05) is 25.4 Å². The Morgan fingerprint density at radius 2 is 2.25 bits per heavy atom. The molecule has 0 spiro atoms. The van der Waals surface area contributed by atoms with Gasteiger partial charge in [0.25, 0.3) is 0 Å². The highest BCUT2D eigenvalue weighted by molar-refractivity contribution is 7.99. The fourth-order valence-electron chi connectivity index (χ4n) is 1.80. The van der Waals surface area contributed by atoms with Crippen LogP contribution in [-0.4, -0.2) is 47.2 Å². The summed E-state index contributed by atoms with van der Waals surface area (Å²) in [5.74, 6) is 1.14. The van der Waals surface area contributed by atoms with Crippen LogP contribution in [0.2, 0.25) is 0 Å². The monoisotopic (exact) mass is 244 g/mol. The zero-order chi connectivity index (χ0) is 12.0. The van der Waals surface area contributed by atoms with Crippen LogP contribution < -0.4 is 5.73 Å². The van der Waals surface area contributed by atoms with Gasteiger partial charge >= 0.3 is 0 Å². The summed E-state index contributed by atoms with van der Waals surface area (Å²) < 4.78 is 0.